The summed E-state index contributed by atoms with van der Waals surface area (Å²) < 4.78 is 11.1. The summed E-state index contributed by atoms with van der Waals surface area (Å²) in [6, 6.07) is 12.4. The molecule has 0 bridgehead atoms. The van der Waals surface area contributed by atoms with E-state index >= 15 is 0 Å². The molecule has 0 fully saturated rings. The molecule has 0 aliphatic heterocycles. The largest absolute Gasteiger partial charge is 0.489 e. The van der Waals surface area contributed by atoms with E-state index in [0.29, 0.717) is 23.3 Å². The van der Waals surface area contributed by atoms with Gasteiger partial charge in [-0.2, -0.15) is 0 Å². The van der Waals surface area contributed by atoms with Crippen LogP contribution in [0.1, 0.15) is 40.4 Å². The minimum Gasteiger partial charge on any atom is -0.489 e. The zero-order valence-electron chi connectivity index (χ0n) is 14.6. The second-order valence-corrected chi connectivity index (χ2v) is 6.11. The van der Waals surface area contributed by atoms with Crippen molar-refractivity contribution >= 4 is 16.8 Å². The van der Waals surface area contributed by atoms with E-state index in [1.165, 1.54) is 6.07 Å². The predicted octanol–water partition coefficient (Wildman–Crippen LogP) is 4.58. The quantitative estimate of drug-likeness (QED) is 0.505. The van der Waals surface area contributed by atoms with Gasteiger partial charge in [-0.05, 0) is 61.4 Å². The summed E-state index contributed by atoms with van der Waals surface area (Å²) in [5.74, 6) is 0.752. The highest BCUT2D eigenvalue weighted by molar-refractivity contribution is 5.95. The molecular weight excluding hydrogens is 316 g/mol. The number of benzene rings is 2. The van der Waals surface area contributed by atoms with E-state index in [1.54, 1.807) is 24.3 Å². The van der Waals surface area contributed by atoms with Gasteiger partial charge in [-0.1, -0.05) is 6.92 Å². The summed E-state index contributed by atoms with van der Waals surface area (Å²) in [7, 11) is 0. The van der Waals surface area contributed by atoms with Crippen molar-refractivity contribution in [2.24, 2.45) is 0 Å². The van der Waals surface area contributed by atoms with Crippen molar-refractivity contribution in [3.63, 3.8) is 0 Å². The molecule has 0 spiro atoms. The van der Waals surface area contributed by atoms with Crippen molar-refractivity contribution in [2.75, 3.05) is 0 Å². The Bertz CT molecular complexity index is 981. The number of fused-ring (bicyclic) bond motifs is 1. The molecule has 0 N–H and O–H groups in total. The Kier molecular flexibility index (Phi) is 4.70. The van der Waals surface area contributed by atoms with E-state index in [9.17, 15) is 9.59 Å². The van der Waals surface area contributed by atoms with Crippen LogP contribution in [0.2, 0.25) is 0 Å². The van der Waals surface area contributed by atoms with Gasteiger partial charge in [0.1, 0.15) is 17.9 Å². The Balaban J connectivity index is 1.87. The van der Waals surface area contributed by atoms with Crippen molar-refractivity contribution in [3.8, 4) is 5.75 Å². The number of aryl methyl sites for hydroxylation is 2. The van der Waals surface area contributed by atoms with Gasteiger partial charge in [0.25, 0.3) is 0 Å². The van der Waals surface area contributed by atoms with Crippen LogP contribution in [0.5, 0.6) is 5.75 Å². The molecule has 0 amide bonds. The van der Waals surface area contributed by atoms with Gasteiger partial charge < -0.3 is 9.15 Å². The van der Waals surface area contributed by atoms with Crippen molar-refractivity contribution in [3.05, 3.63) is 75.1 Å². The van der Waals surface area contributed by atoms with Gasteiger partial charge in [-0.25, -0.2) is 4.79 Å². The Morgan fingerprint density at radius 1 is 1.04 bits per heavy atom. The summed E-state index contributed by atoms with van der Waals surface area (Å²) >= 11 is 0. The lowest BCUT2D eigenvalue weighted by atomic mass is 10.0. The van der Waals surface area contributed by atoms with Crippen LogP contribution in [-0.4, -0.2) is 5.78 Å². The van der Waals surface area contributed by atoms with E-state index in [0.717, 1.165) is 22.1 Å². The van der Waals surface area contributed by atoms with Crippen molar-refractivity contribution in [1.82, 2.24) is 0 Å². The van der Waals surface area contributed by atoms with Gasteiger partial charge in [0.2, 0.25) is 0 Å². The van der Waals surface area contributed by atoms with Crippen LogP contribution in [-0.2, 0) is 6.61 Å². The molecule has 0 unspecified atom stereocenters. The van der Waals surface area contributed by atoms with Crippen LogP contribution in [0.4, 0.5) is 0 Å². The van der Waals surface area contributed by atoms with Gasteiger partial charge in [-0.15, -0.1) is 0 Å². The zero-order valence-corrected chi connectivity index (χ0v) is 14.6. The van der Waals surface area contributed by atoms with E-state index in [4.69, 9.17) is 9.15 Å². The predicted molar refractivity (Wildman–Crippen MR) is 97.4 cm³/mol. The van der Waals surface area contributed by atoms with Crippen LogP contribution in [0.15, 0.2) is 51.7 Å². The van der Waals surface area contributed by atoms with E-state index in [-0.39, 0.29) is 12.4 Å². The normalized spacial score (nSPS) is 10.8. The van der Waals surface area contributed by atoms with Gasteiger partial charge in [0.05, 0.1) is 0 Å². The van der Waals surface area contributed by atoms with Crippen molar-refractivity contribution < 1.29 is 13.9 Å². The van der Waals surface area contributed by atoms with E-state index < -0.39 is 5.63 Å². The molecule has 0 aliphatic carbocycles. The number of hydrogen-bond donors (Lipinski definition) is 0. The molecule has 0 saturated carbocycles. The molecule has 25 heavy (non-hydrogen) atoms. The third kappa shape index (κ3) is 3.63. The van der Waals surface area contributed by atoms with E-state index in [2.05, 4.69) is 0 Å². The van der Waals surface area contributed by atoms with Crippen LogP contribution < -0.4 is 10.4 Å². The number of ether oxygens (including phenoxy) is 1. The highest BCUT2D eigenvalue weighted by Gasteiger charge is 2.09. The number of hydrogen-bond acceptors (Lipinski definition) is 4. The smallest absolute Gasteiger partial charge is 0.336 e. The molecule has 3 aromatic rings. The van der Waals surface area contributed by atoms with E-state index in [1.807, 2.05) is 32.9 Å². The first-order chi connectivity index (χ1) is 12.0. The first-order valence-electron chi connectivity index (χ1n) is 8.28. The number of rotatable bonds is 5. The summed E-state index contributed by atoms with van der Waals surface area (Å²) in [6.07, 6.45) is 0.477. The lowest BCUT2D eigenvalue weighted by molar-refractivity contribution is 0.0988. The Labute approximate surface area is 146 Å². The molecule has 0 atom stereocenters. The molecule has 2 aromatic carbocycles. The minimum absolute atomic E-state index is 0.101. The first-order valence-corrected chi connectivity index (χ1v) is 8.28. The highest BCUT2D eigenvalue weighted by atomic mass is 16.5. The van der Waals surface area contributed by atoms with Crippen molar-refractivity contribution in [1.29, 1.82) is 0 Å². The van der Waals surface area contributed by atoms with Crippen molar-refractivity contribution in [2.45, 2.75) is 33.8 Å². The Hall–Kier alpha value is -2.88. The summed E-state index contributed by atoms with van der Waals surface area (Å²) in [5, 5.41) is 0.875. The fraction of sp³-hybridized carbons (Fsp3) is 0.238. The molecule has 1 aromatic heterocycles. The lowest BCUT2D eigenvalue weighted by Crippen LogP contribution is -2.05. The highest BCUT2D eigenvalue weighted by Crippen LogP contribution is 2.23. The monoisotopic (exact) mass is 336 g/mol. The molecule has 0 radical (unpaired) electrons. The molecular formula is C21H20O4. The average Bonchev–Trinajstić information content (AvgIpc) is 2.61. The summed E-state index contributed by atoms with van der Waals surface area (Å²) in [4.78, 5) is 23.5. The first kappa shape index (κ1) is 17.0. The second kappa shape index (κ2) is 6.93. The zero-order chi connectivity index (χ0) is 18.0. The maximum absolute atomic E-state index is 11.8. The molecule has 4 nitrogen and oxygen atoms in total. The third-order valence-electron chi connectivity index (χ3n) is 4.34. The average molecular weight is 336 g/mol. The molecule has 0 aliphatic rings. The molecule has 4 heteroatoms. The summed E-state index contributed by atoms with van der Waals surface area (Å²) in [6.45, 7) is 6.10. The van der Waals surface area contributed by atoms with Gasteiger partial charge in [0, 0.05) is 29.0 Å². The third-order valence-corrected chi connectivity index (χ3v) is 4.34. The minimum atomic E-state index is -0.391. The van der Waals surface area contributed by atoms with Crippen LogP contribution in [0.3, 0.4) is 0 Å². The SMILES string of the molecule is CCC(=O)c1ccc(OCc2cc(=O)oc3cc(C)c(C)cc23)cc1. The number of carbonyl (C=O) groups excluding carboxylic acids is 1. The Morgan fingerprint density at radius 2 is 1.72 bits per heavy atom. The maximum atomic E-state index is 11.8. The Morgan fingerprint density at radius 3 is 2.40 bits per heavy atom. The standard InChI is InChI=1S/C21H20O4/c1-4-19(22)15-5-7-17(8-6-15)24-12-16-11-21(23)25-20-10-14(3)13(2)9-18(16)20/h5-11H,4,12H2,1-3H3. The van der Waals surface area contributed by atoms with Crippen LogP contribution in [0.25, 0.3) is 11.0 Å². The summed E-state index contributed by atoms with van der Waals surface area (Å²) in [5.41, 5.74) is 3.83. The van der Waals surface area contributed by atoms with Crippen LogP contribution >= 0.6 is 0 Å². The maximum Gasteiger partial charge on any atom is 0.336 e. The second-order valence-electron chi connectivity index (χ2n) is 6.11. The fourth-order valence-electron chi connectivity index (χ4n) is 2.70. The molecule has 3 rings (SSSR count). The van der Waals surface area contributed by atoms with Crippen LogP contribution in [0, 0.1) is 13.8 Å². The van der Waals surface area contributed by atoms with Gasteiger partial charge in [0.15, 0.2) is 5.78 Å². The topological polar surface area (TPSA) is 56.5 Å². The fourth-order valence-corrected chi connectivity index (χ4v) is 2.70. The lowest BCUT2D eigenvalue weighted by Gasteiger charge is -2.10. The number of ketones is 1. The number of Topliss-reactive ketones (excluding diaryl/α,β-unsaturated/α-hetero) is 1. The number of carbonyl (C=O) groups is 1. The molecule has 0 saturated heterocycles. The van der Waals surface area contributed by atoms with Gasteiger partial charge >= 0.3 is 5.63 Å². The molecule has 1 heterocycles. The molecule has 128 valence electrons. The van der Waals surface area contributed by atoms with Gasteiger partial charge in [-0.3, -0.25) is 4.79 Å².